The van der Waals surface area contributed by atoms with Gasteiger partial charge in [-0.15, -0.1) is 0 Å². The molecule has 0 saturated heterocycles. The average molecular weight is 612 g/mol. The number of carbonyl (C=O) groups excluding carboxylic acids is 3. The van der Waals surface area contributed by atoms with E-state index in [0.717, 1.165) is 33.6 Å². The second-order valence-electron chi connectivity index (χ2n) is 12.7. The van der Waals surface area contributed by atoms with E-state index in [1.165, 1.54) is 13.2 Å². The zero-order valence-electron chi connectivity index (χ0n) is 27.2. The molecule has 1 N–H and O–H groups in total. The molecule has 8 nitrogen and oxygen atoms in total. The fourth-order valence-corrected chi connectivity index (χ4v) is 5.44. The van der Waals surface area contributed by atoms with Crippen molar-refractivity contribution < 1.29 is 23.9 Å². The van der Waals surface area contributed by atoms with Crippen molar-refractivity contribution >= 4 is 35.4 Å². The molecule has 0 atom stereocenters. The molecule has 238 valence electrons. The predicted octanol–water partition coefficient (Wildman–Crippen LogP) is 7.22. The van der Waals surface area contributed by atoms with E-state index in [2.05, 4.69) is 58.7 Å². The van der Waals surface area contributed by atoms with Crippen molar-refractivity contribution in [1.82, 2.24) is 5.32 Å². The first-order valence-electron chi connectivity index (χ1n) is 15.5. The number of ether oxygens (including phenoxy) is 2. The zero-order valence-corrected chi connectivity index (χ0v) is 27.2. The average Bonchev–Trinajstić information content (AvgIpc) is 3.02. The molecule has 0 radical (unpaired) electrons. The molecule has 1 aliphatic rings. The van der Waals surface area contributed by atoms with Crippen LogP contribution in [0, 0.1) is 5.92 Å². The number of esters is 1. The van der Waals surface area contributed by atoms with Crippen molar-refractivity contribution in [3.8, 4) is 11.1 Å². The third kappa shape index (κ3) is 9.70. The van der Waals surface area contributed by atoms with E-state index >= 15 is 0 Å². The Kier molecular flexibility index (Phi) is 11.0. The van der Waals surface area contributed by atoms with Crippen LogP contribution in [-0.2, 0) is 25.6 Å². The van der Waals surface area contributed by atoms with Crippen molar-refractivity contribution in [2.45, 2.75) is 64.6 Å². The number of nitrogens with one attached hydrogen (secondary N) is 1. The summed E-state index contributed by atoms with van der Waals surface area (Å²) >= 11 is 0. The number of amides is 2. The molecule has 8 heteroatoms. The van der Waals surface area contributed by atoms with Gasteiger partial charge in [0, 0.05) is 43.5 Å². The maximum atomic E-state index is 14.1. The molecule has 1 aliphatic carbocycles. The summed E-state index contributed by atoms with van der Waals surface area (Å²) in [6.07, 6.45) is 5.36. The lowest BCUT2D eigenvalue weighted by Gasteiger charge is -2.33. The monoisotopic (exact) mass is 611 g/mol. The largest absolute Gasteiger partial charge is 0.466 e. The quantitative estimate of drug-likeness (QED) is 0.203. The number of hydrogen-bond donors (Lipinski definition) is 1. The van der Waals surface area contributed by atoms with E-state index in [-0.39, 0.29) is 17.9 Å². The Bertz CT molecular complexity index is 1480. The molecule has 0 aromatic heterocycles. The predicted molar refractivity (Wildman–Crippen MR) is 180 cm³/mol. The van der Waals surface area contributed by atoms with Crippen LogP contribution in [0.1, 0.15) is 57.6 Å². The molecule has 0 bridgehead atoms. The Labute approximate surface area is 267 Å². The normalized spacial score (nSPS) is 16.6. The SMILES string of the molecule is COC(=O)/C=C/c1cccc(N(Cc2ccc(-c3ccc(N(C)C)cc3)cc2)C(=O)[C@H]2CC[C@H](NC(=O)OC(C)(C)C)CC2)c1. The summed E-state index contributed by atoms with van der Waals surface area (Å²) in [7, 11) is 5.38. The molecule has 0 aliphatic heterocycles. The van der Waals surface area contributed by atoms with Gasteiger partial charge in [0.15, 0.2) is 0 Å². The summed E-state index contributed by atoms with van der Waals surface area (Å²) in [5.41, 5.74) is 5.36. The maximum Gasteiger partial charge on any atom is 0.407 e. The second kappa shape index (κ2) is 14.9. The standard InChI is InChI=1S/C37H45N3O5/c1-37(2,3)45-36(43)38-31-19-15-30(16-20-31)35(42)40(33-9-7-8-26(24-33)12-23-34(41)44-6)25-27-10-13-28(14-11-27)29-17-21-32(22-18-29)39(4)5/h7-14,17-18,21-24,30-31H,15-16,19-20,25H2,1-6H3,(H,38,43)/b23-12+/t30-,31-. The van der Waals surface area contributed by atoms with Crippen molar-refractivity contribution in [1.29, 1.82) is 0 Å². The summed E-state index contributed by atoms with van der Waals surface area (Å²) in [4.78, 5) is 42.0. The number of benzene rings is 3. The highest BCUT2D eigenvalue weighted by molar-refractivity contribution is 5.95. The number of hydrogen-bond acceptors (Lipinski definition) is 6. The van der Waals surface area contributed by atoms with Crippen LogP contribution in [0.2, 0.25) is 0 Å². The van der Waals surface area contributed by atoms with Crippen LogP contribution in [0.25, 0.3) is 17.2 Å². The molecule has 0 heterocycles. The minimum Gasteiger partial charge on any atom is -0.466 e. The van der Waals surface area contributed by atoms with E-state index in [1.54, 1.807) is 6.08 Å². The third-order valence-corrected chi connectivity index (χ3v) is 7.87. The second-order valence-corrected chi connectivity index (χ2v) is 12.7. The van der Waals surface area contributed by atoms with Crippen molar-refractivity contribution in [3.05, 3.63) is 90.0 Å². The lowest BCUT2D eigenvalue weighted by atomic mass is 9.85. The van der Waals surface area contributed by atoms with Gasteiger partial charge in [-0.3, -0.25) is 4.79 Å². The van der Waals surface area contributed by atoms with Crippen LogP contribution in [0.15, 0.2) is 78.9 Å². The van der Waals surface area contributed by atoms with Crippen molar-refractivity contribution in [2.75, 3.05) is 31.0 Å². The number of anilines is 2. The van der Waals surface area contributed by atoms with Gasteiger partial charge < -0.3 is 24.6 Å². The smallest absolute Gasteiger partial charge is 0.407 e. The first-order valence-corrected chi connectivity index (χ1v) is 15.5. The first kappa shape index (κ1) is 33.3. The van der Waals surface area contributed by atoms with Gasteiger partial charge in [-0.05, 0) is 99.0 Å². The van der Waals surface area contributed by atoms with Crippen LogP contribution in [0.3, 0.4) is 0 Å². The Hall–Kier alpha value is -4.59. The summed E-state index contributed by atoms with van der Waals surface area (Å²) in [6.45, 7) is 5.92. The van der Waals surface area contributed by atoms with E-state index in [1.807, 2.05) is 64.0 Å². The minimum atomic E-state index is -0.562. The number of carbonyl (C=O) groups is 3. The van der Waals surface area contributed by atoms with Crippen LogP contribution in [0.4, 0.5) is 16.2 Å². The van der Waals surface area contributed by atoms with Gasteiger partial charge in [-0.1, -0.05) is 48.5 Å². The van der Waals surface area contributed by atoms with Crippen molar-refractivity contribution in [2.24, 2.45) is 5.92 Å². The molecule has 0 unspecified atom stereocenters. The number of nitrogens with zero attached hydrogens (tertiary/aromatic N) is 2. The summed E-state index contributed by atoms with van der Waals surface area (Å²) in [5.74, 6) is -0.574. The van der Waals surface area contributed by atoms with Crippen LogP contribution in [-0.4, -0.2) is 50.8 Å². The molecule has 3 aromatic carbocycles. The lowest BCUT2D eigenvalue weighted by Crippen LogP contribution is -2.43. The van der Waals surface area contributed by atoms with Gasteiger partial charge >= 0.3 is 12.1 Å². The van der Waals surface area contributed by atoms with Gasteiger partial charge in [0.2, 0.25) is 5.91 Å². The third-order valence-electron chi connectivity index (χ3n) is 7.87. The highest BCUT2D eigenvalue weighted by Crippen LogP contribution is 2.31. The molecule has 3 aromatic rings. The molecule has 1 saturated carbocycles. The lowest BCUT2D eigenvalue weighted by molar-refractivity contribution is -0.134. The Morgan fingerprint density at radius 3 is 2.07 bits per heavy atom. The maximum absolute atomic E-state index is 14.1. The van der Waals surface area contributed by atoms with Crippen LogP contribution < -0.4 is 15.1 Å². The first-order chi connectivity index (χ1) is 21.4. The van der Waals surface area contributed by atoms with Crippen LogP contribution in [0.5, 0.6) is 0 Å². The Morgan fingerprint density at radius 2 is 1.49 bits per heavy atom. The summed E-state index contributed by atoms with van der Waals surface area (Å²) in [6, 6.07) is 24.3. The van der Waals surface area contributed by atoms with Gasteiger partial charge in [-0.25, -0.2) is 9.59 Å². The van der Waals surface area contributed by atoms with Gasteiger partial charge in [0.1, 0.15) is 5.60 Å². The van der Waals surface area contributed by atoms with Gasteiger partial charge in [0.05, 0.1) is 13.7 Å². The summed E-state index contributed by atoms with van der Waals surface area (Å²) < 4.78 is 10.2. The van der Waals surface area contributed by atoms with Gasteiger partial charge in [-0.2, -0.15) is 0 Å². The fraction of sp³-hybridized carbons (Fsp3) is 0.378. The Balaban J connectivity index is 1.52. The van der Waals surface area contributed by atoms with Crippen molar-refractivity contribution in [3.63, 3.8) is 0 Å². The van der Waals surface area contributed by atoms with E-state index in [0.29, 0.717) is 32.2 Å². The molecular weight excluding hydrogens is 566 g/mol. The molecular formula is C37H45N3O5. The molecule has 45 heavy (non-hydrogen) atoms. The number of methoxy groups -OCH3 is 1. The van der Waals surface area contributed by atoms with E-state index in [9.17, 15) is 14.4 Å². The molecule has 0 spiro atoms. The zero-order chi connectivity index (χ0) is 32.6. The number of rotatable bonds is 9. The molecule has 2 amide bonds. The molecule has 1 fully saturated rings. The van der Waals surface area contributed by atoms with Gasteiger partial charge in [0.25, 0.3) is 0 Å². The minimum absolute atomic E-state index is 0.0246. The van der Waals surface area contributed by atoms with E-state index < -0.39 is 17.7 Å². The van der Waals surface area contributed by atoms with E-state index in [4.69, 9.17) is 9.47 Å². The molecule has 4 rings (SSSR count). The Morgan fingerprint density at radius 1 is 0.867 bits per heavy atom. The fourth-order valence-electron chi connectivity index (χ4n) is 5.44. The highest BCUT2D eigenvalue weighted by atomic mass is 16.6. The highest BCUT2D eigenvalue weighted by Gasteiger charge is 2.31. The van der Waals surface area contributed by atoms with Crippen LogP contribution >= 0.6 is 0 Å². The topological polar surface area (TPSA) is 88.2 Å². The number of alkyl carbamates (subject to hydrolysis) is 1. The summed E-state index contributed by atoms with van der Waals surface area (Å²) in [5, 5.41) is 2.96.